The van der Waals surface area contributed by atoms with Crippen LogP contribution in [0.5, 0.6) is 0 Å². The van der Waals surface area contributed by atoms with Crippen LogP contribution < -0.4 is 0 Å². The second kappa shape index (κ2) is 15.7. The summed E-state index contributed by atoms with van der Waals surface area (Å²) in [6.07, 6.45) is 0.667. The smallest absolute Gasteiger partial charge is 0.290 e. The van der Waals surface area contributed by atoms with Crippen LogP contribution in [-0.2, 0) is 9.59 Å². The maximum atomic E-state index is 9.81. The van der Waals surface area contributed by atoms with Crippen LogP contribution in [0, 0.1) is 0 Å². The van der Waals surface area contributed by atoms with Crippen LogP contribution in [0.1, 0.15) is 20.3 Å². The fraction of sp³-hybridized carbons (Fsp3) is 0.600. The van der Waals surface area contributed by atoms with E-state index in [0.29, 0.717) is 6.42 Å². The van der Waals surface area contributed by atoms with Crippen LogP contribution in [-0.4, -0.2) is 22.8 Å². The minimum atomic E-state index is -0.250. The van der Waals surface area contributed by atoms with Crippen molar-refractivity contribution in [2.45, 2.75) is 20.3 Å². The Morgan fingerprint density at radius 2 is 1.78 bits per heavy atom. The number of hydrogen-bond acceptors (Lipinski definition) is 2. The van der Waals surface area contributed by atoms with Gasteiger partial charge in [0.05, 0.1) is 0 Å². The van der Waals surface area contributed by atoms with Crippen LogP contribution in [0.2, 0.25) is 0 Å². The van der Waals surface area contributed by atoms with Crippen molar-refractivity contribution in [1.29, 1.82) is 0 Å². The van der Waals surface area contributed by atoms with Crippen molar-refractivity contribution in [3.05, 3.63) is 0 Å². The Hall–Kier alpha value is -0.900. The molecule has 0 saturated heterocycles. The molecule has 0 rings (SSSR count). The summed E-state index contributed by atoms with van der Waals surface area (Å²) in [5.74, 6) is 0.255. The van der Waals surface area contributed by atoms with Crippen molar-refractivity contribution in [3.8, 4) is 0 Å². The summed E-state index contributed by atoms with van der Waals surface area (Å²) >= 11 is 0. The molecule has 0 spiro atoms. The molecule has 0 bridgehead atoms. The first-order chi connectivity index (χ1) is 3.68. The molecule has 0 fully saturated rings. The van der Waals surface area contributed by atoms with Gasteiger partial charge in [0.1, 0.15) is 5.78 Å². The molecule has 0 aliphatic carbocycles. The summed E-state index contributed by atoms with van der Waals surface area (Å²) < 4.78 is 0. The maximum absolute atomic E-state index is 9.81. The van der Waals surface area contributed by atoms with Crippen molar-refractivity contribution in [3.63, 3.8) is 0 Å². The average molecular weight is 136 g/mol. The molecule has 56 valence electrons. The van der Waals surface area contributed by atoms with E-state index in [4.69, 9.17) is 9.90 Å². The number of Topliss-reactive ketones (excluding diaryl/α,β-unsaturated/α-hetero) is 1. The molecule has 4 heteroatoms. The quantitative estimate of drug-likeness (QED) is 0.509. The second-order valence-electron chi connectivity index (χ2n) is 1.16. The highest BCUT2D eigenvalue weighted by Gasteiger charge is 1.76. The van der Waals surface area contributed by atoms with Gasteiger partial charge in [0.2, 0.25) is 0 Å². The van der Waals surface area contributed by atoms with Crippen LogP contribution >= 0.6 is 0 Å². The van der Waals surface area contributed by atoms with Crippen LogP contribution in [0.4, 0.5) is 0 Å². The van der Waals surface area contributed by atoms with Gasteiger partial charge < -0.3 is 15.4 Å². The number of carbonyl (C=O) groups is 2. The minimum Gasteiger partial charge on any atom is -0.483 e. The Morgan fingerprint density at radius 1 is 1.67 bits per heavy atom. The Labute approximate surface area is 53.8 Å². The molecule has 0 aromatic carbocycles. The monoisotopic (exact) mass is 136 g/mol. The summed E-state index contributed by atoms with van der Waals surface area (Å²) in [4.78, 5) is 18.2. The van der Waals surface area contributed by atoms with Gasteiger partial charge in [0, 0.05) is 6.42 Å². The van der Waals surface area contributed by atoms with Gasteiger partial charge in [0.25, 0.3) is 6.47 Å². The third-order valence-electron chi connectivity index (χ3n) is 0.498. The fourth-order valence-corrected chi connectivity index (χ4v) is 0. The third-order valence-corrected chi connectivity index (χ3v) is 0.498. The molecule has 0 saturated carbocycles. The SMILES string of the molecule is CCC(C)=O.O.O=CO. The lowest BCUT2D eigenvalue weighted by molar-refractivity contribution is -0.123. The summed E-state index contributed by atoms with van der Waals surface area (Å²) in [7, 11) is 0. The van der Waals surface area contributed by atoms with Gasteiger partial charge in [-0.1, -0.05) is 6.92 Å². The largest absolute Gasteiger partial charge is 0.483 e. The molecular weight excluding hydrogens is 124 g/mol. The van der Waals surface area contributed by atoms with E-state index in [0.717, 1.165) is 0 Å². The van der Waals surface area contributed by atoms with Gasteiger partial charge in [-0.3, -0.25) is 4.79 Å². The van der Waals surface area contributed by atoms with Gasteiger partial charge in [-0.15, -0.1) is 0 Å². The first kappa shape index (κ1) is 15.7. The highest BCUT2D eigenvalue weighted by atomic mass is 16.3. The van der Waals surface area contributed by atoms with Crippen molar-refractivity contribution in [2.24, 2.45) is 0 Å². The molecule has 0 aromatic heterocycles. The van der Waals surface area contributed by atoms with E-state index in [1.165, 1.54) is 0 Å². The van der Waals surface area contributed by atoms with Crippen LogP contribution in [0.15, 0.2) is 0 Å². The Bertz CT molecular complexity index is 69.4. The maximum Gasteiger partial charge on any atom is 0.290 e. The molecule has 0 heterocycles. The summed E-state index contributed by atoms with van der Waals surface area (Å²) in [5.41, 5.74) is 0. The first-order valence-electron chi connectivity index (χ1n) is 2.26. The Balaban J connectivity index is -0.0000000800. The molecular formula is C5H12O4. The molecule has 3 N–H and O–H groups in total. The first-order valence-corrected chi connectivity index (χ1v) is 2.26. The fourth-order valence-electron chi connectivity index (χ4n) is 0. The summed E-state index contributed by atoms with van der Waals surface area (Å²) in [6, 6.07) is 0. The molecule has 0 aliphatic heterocycles. The molecule has 0 aromatic rings. The van der Waals surface area contributed by atoms with E-state index >= 15 is 0 Å². The molecule has 4 nitrogen and oxygen atoms in total. The van der Waals surface area contributed by atoms with E-state index in [-0.39, 0.29) is 17.7 Å². The van der Waals surface area contributed by atoms with Crippen molar-refractivity contribution in [2.75, 3.05) is 0 Å². The number of carboxylic acid groups (broad SMARTS) is 1. The highest BCUT2D eigenvalue weighted by Crippen LogP contribution is 1.71. The number of hydrogen-bond donors (Lipinski definition) is 1. The lowest BCUT2D eigenvalue weighted by Crippen LogP contribution is -1.80. The Kier molecular flexibility index (Phi) is 27.4. The lowest BCUT2D eigenvalue weighted by Gasteiger charge is -1.71. The average Bonchev–Trinajstić information content (AvgIpc) is 1.69. The van der Waals surface area contributed by atoms with Crippen molar-refractivity contribution >= 4 is 12.3 Å². The van der Waals surface area contributed by atoms with E-state index in [1.807, 2.05) is 6.92 Å². The van der Waals surface area contributed by atoms with Gasteiger partial charge in [-0.25, -0.2) is 0 Å². The van der Waals surface area contributed by atoms with Crippen molar-refractivity contribution < 1.29 is 20.2 Å². The molecule has 0 atom stereocenters. The van der Waals surface area contributed by atoms with Crippen molar-refractivity contribution in [1.82, 2.24) is 0 Å². The van der Waals surface area contributed by atoms with E-state index in [2.05, 4.69) is 0 Å². The molecule has 0 aliphatic rings. The van der Waals surface area contributed by atoms with E-state index in [1.54, 1.807) is 6.92 Å². The second-order valence-corrected chi connectivity index (χ2v) is 1.16. The zero-order valence-electron chi connectivity index (χ0n) is 5.55. The minimum absolute atomic E-state index is 0. The highest BCUT2D eigenvalue weighted by molar-refractivity contribution is 5.74. The Morgan fingerprint density at radius 3 is 1.78 bits per heavy atom. The predicted molar refractivity (Wildman–Crippen MR) is 33.3 cm³/mol. The number of carbonyl (C=O) groups excluding carboxylic acids is 1. The van der Waals surface area contributed by atoms with Gasteiger partial charge in [0.15, 0.2) is 0 Å². The third kappa shape index (κ3) is 153. The zero-order chi connectivity index (χ0) is 6.99. The van der Waals surface area contributed by atoms with Gasteiger partial charge in [-0.2, -0.15) is 0 Å². The standard InChI is InChI=1S/C4H8O.CH2O2.H2O/c1-3-4(2)5;2-1-3;/h3H2,1-2H3;1H,(H,2,3);1H2. The number of rotatable bonds is 1. The predicted octanol–water partition coefficient (Wildman–Crippen LogP) is -0.139. The topological polar surface area (TPSA) is 85.9 Å². The lowest BCUT2D eigenvalue weighted by atomic mass is 10.4. The molecule has 0 radical (unpaired) electrons. The summed E-state index contributed by atoms with van der Waals surface area (Å²) in [5, 5.41) is 6.89. The zero-order valence-corrected chi connectivity index (χ0v) is 5.55. The molecule has 0 amide bonds. The van der Waals surface area contributed by atoms with Gasteiger partial charge >= 0.3 is 0 Å². The molecule has 0 unspecified atom stereocenters. The summed E-state index contributed by atoms with van der Waals surface area (Å²) in [6.45, 7) is 3.18. The molecule has 9 heavy (non-hydrogen) atoms. The van der Waals surface area contributed by atoms with Crippen LogP contribution in [0.25, 0.3) is 0 Å². The van der Waals surface area contributed by atoms with E-state index in [9.17, 15) is 4.79 Å². The van der Waals surface area contributed by atoms with Gasteiger partial charge in [-0.05, 0) is 6.92 Å². The van der Waals surface area contributed by atoms with Crippen LogP contribution in [0.3, 0.4) is 0 Å². The normalized spacial score (nSPS) is 5.56. The number of ketones is 1. The van der Waals surface area contributed by atoms with E-state index < -0.39 is 0 Å².